The van der Waals surface area contributed by atoms with Crippen LogP contribution < -0.4 is 0 Å². The van der Waals surface area contributed by atoms with E-state index < -0.39 is 31.0 Å². The monoisotopic (exact) mass is 374 g/mol. The molecular weight excluding hydrogens is 351 g/mol. The van der Waals surface area contributed by atoms with Gasteiger partial charge < -0.3 is 4.43 Å². The lowest BCUT2D eigenvalue weighted by Gasteiger charge is -2.48. The highest BCUT2D eigenvalue weighted by Gasteiger charge is 2.60. The molecule has 4 atom stereocenters. The van der Waals surface area contributed by atoms with Crippen LogP contribution in [0.5, 0.6) is 0 Å². The summed E-state index contributed by atoms with van der Waals surface area (Å²) in [6.07, 6.45) is 4.30. The van der Waals surface area contributed by atoms with Gasteiger partial charge in [-0.25, -0.2) is 0 Å². The van der Waals surface area contributed by atoms with E-state index in [9.17, 15) is 9.59 Å². The fourth-order valence-corrected chi connectivity index (χ4v) is 5.07. The van der Waals surface area contributed by atoms with Gasteiger partial charge in [0.05, 0.1) is 17.1 Å². The molecule has 2 aliphatic rings. The van der Waals surface area contributed by atoms with Crippen LogP contribution in [0.25, 0.3) is 0 Å². The van der Waals surface area contributed by atoms with Crippen LogP contribution in [0.15, 0.2) is 23.3 Å². The molecule has 0 aromatic rings. The summed E-state index contributed by atoms with van der Waals surface area (Å²) in [5.41, 5.74) is 0. The third-order valence-electron chi connectivity index (χ3n) is 5.35. The zero-order chi connectivity index (χ0) is 17.8. The molecule has 0 aromatic heterocycles. The Bertz CT molecular complexity index is 603. The van der Waals surface area contributed by atoms with Gasteiger partial charge in [-0.2, -0.15) is 0 Å². The molecular formula is C17H24Cl2O3Si. The standard InChI is InChI=1S/C17H24Cl2O3Si/c1-10-7-8-13(22-23(5,6)16(2,3)4)17(19)14(10)12(20)9-11(18)15(17)21/h7-10,13-14H,1-6H3/t10-,13-,14-,17+/m0/s1. The Kier molecular flexibility index (Phi) is 4.80. The molecule has 2 rings (SSSR count). The topological polar surface area (TPSA) is 43.4 Å². The molecule has 3 nitrogen and oxygen atoms in total. The minimum atomic E-state index is -2.17. The predicted octanol–water partition coefficient (Wildman–Crippen LogP) is 4.45. The maximum Gasteiger partial charge on any atom is 0.198 e. The molecule has 0 spiro atoms. The highest BCUT2D eigenvalue weighted by atomic mass is 35.5. The second-order valence-electron chi connectivity index (χ2n) is 8.01. The zero-order valence-corrected chi connectivity index (χ0v) is 17.0. The third kappa shape index (κ3) is 2.99. The van der Waals surface area contributed by atoms with Gasteiger partial charge in [0.15, 0.2) is 19.9 Å². The van der Waals surface area contributed by atoms with Crippen LogP contribution in [-0.2, 0) is 14.0 Å². The minimum Gasteiger partial charge on any atom is -0.408 e. The Morgan fingerprint density at radius 3 is 2.30 bits per heavy atom. The van der Waals surface area contributed by atoms with E-state index in [0.717, 1.165) is 0 Å². The highest BCUT2D eigenvalue weighted by Crippen LogP contribution is 2.49. The highest BCUT2D eigenvalue weighted by molar-refractivity contribution is 6.74. The zero-order valence-electron chi connectivity index (χ0n) is 14.4. The summed E-state index contributed by atoms with van der Waals surface area (Å²) in [7, 11) is -2.17. The lowest BCUT2D eigenvalue weighted by molar-refractivity contribution is -0.132. The molecule has 0 aliphatic heterocycles. The molecule has 2 aliphatic carbocycles. The number of rotatable bonds is 2. The van der Waals surface area contributed by atoms with E-state index in [-0.39, 0.29) is 21.8 Å². The summed E-state index contributed by atoms with van der Waals surface area (Å²) in [6.45, 7) is 12.4. The number of ketones is 2. The largest absolute Gasteiger partial charge is 0.408 e. The smallest absolute Gasteiger partial charge is 0.198 e. The van der Waals surface area contributed by atoms with Crippen LogP contribution in [0.1, 0.15) is 27.7 Å². The molecule has 0 radical (unpaired) electrons. The quantitative estimate of drug-likeness (QED) is 0.407. The van der Waals surface area contributed by atoms with E-state index in [4.69, 9.17) is 27.6 Å². The van der Waals surface area contributed by atoms with Crippen molar-refractivity contribution in [3.63, 3.8) is 0 Å². The first kappa shape index (κ1) is 18.9. The minimum absolute atomic E-state index is 0.0337. The van der Waals surface area contributed by atoms with Crippen LogP contribution >= 0.6 is 23.2 Å². The van der Waals surface area contributed by atoms with Gasteiger partial charge in [-0.3, -0.25) is 9.59 Å². The van der Waals surface area contributed by atoms with E-state index in [2.05, 4.69) is 33.9 Å². The lowest BCUT2D eigenvalue weighted by Crippen LogP contribution is -2.61. The van der Waals surface area contributed by atoms with Gasteiger partial charge in [-0.15, -0.1) is 11.6 Å². The van der Waals surface area contributed by atoms with Crippen LogP contribution in [0.2, 0.25) is 18.1 Å². The fourth-order valence-electron chi connectivity index (χ4n) is 2.91. The number of alkyl halides is 1. The SMILES string of the molecule is C[C@H]1C=C[C@H](O[Si](C)(C)C(C)(C)C)[C@]2(Cl)C(=O)C(Cl)=CC(=O)[C@H]12. The van der Waals surface area contributed by atoms with E-state index in [1.54, 1.807) is 0 Å². The number of fused-ring (bicyclic) bond motifs is 1. The van der Waals surface area contributed by atoms with Gasteiger partial charge in [-0.05, 0) is 24.1 Å². The number of allylic oxidation sites excluding steroid dienone is 3. The first-order valence-corrected chi connectivity index (χ1v) is 11.5. The van der Waals surface area contributed by atoms with Gasteiger partial charge in [0.1, 0.15) is 4.87 Å². The summed E-state index contributed by atoms with van der Waals surface area (Å²) in [6, 6.07) is 0. The van der Waals surface area contributed by atoms with Gasteiger partial charge in [-0.1, -0.05) is 51.4 Å². The number of carbonyl (C=O) groups is 2. The second kappa shape index (κ2) is 5.83. The third-order valence-corrected chi connectivity index (χ3v) is 10.7. The van der Waals surface area contributed by atoms with Crippen molar-refractivity contribution in [2.75, 3.05) is 0 Å². The van der Waals surface area contributed by atoms with Gasteiger partial charge in [0, 0.05) is 6.08 Å². The normalized spacial score (nSPS) is 35.1. The van der Waals surface area contributed by atoms with Crippen molar-refractivity contribution < 1.29 is 14.0 Å². The molecule has 0 aromatic carbocycles. The molecule has 0 N–H and O–H groups in total. The number of hydrogen-bond donors (Lipinski definition) is 0. The maximum atomic E-state index is 12.7. The number of Topliss-reactive ketones (excluding diaryl/α,β-unsaturated/α-hetero) is 1. The average Bonchev–Trinajstić information content (AvgIpc) is 2.38. The molecule has 128 valence electrons. The summed E-state index contributed by atoms with van der Waals surface area (Å²) in [4.78, 5) is 23.7. The van der Waals surface area contributed by atoms with Crippen molar-refractivity contribution in [3.8, 4) is 0 Å². The molecule has 0 fully saturated rings. The van der Waals surface area contributed by atoms with E-state index in [1.807, 2.05) is 19.1 Å². The number of halogens is 2. The molecule has 0 bridgehead atoms. The molecule has 0 saturated heterocycles. The summed E-state index contributed by atoms with van der Waals surface area (Å²) in [5, 5.41) is -0.138. The average molecular weight is 375 g/mol. The van der Waals surface area contributed by atoms with Gasteiger partial charge in [0.25, 0.3) is 0 Å². The first-order valence-electron chi connectivity index (χ1n) is 7.83. The van der Waals surface area contributed by atoms with Crippen molar-refractivity contribution in [3.05, 3.63) is 23.3 Å². The van der Waals surface area contributed by atoms with Crippen molar-refractivity contribution in [1.29, 1.82) is 0 Å². The Balaban J connectivity index is 2.49. The second-order valence-corrected chi connectivity index (χ2v) is 13.8. The van der Waals surface area contributed by atoms with Crippen molar-refractivity contribution in [2.24, 2.45) is 11.8 Å². The molecule has 0 saturated carbocycles. The number of hydrogen-bond acceptors (Lipinski definition) is 3. The van der Waals surface area contributed by atoms with E-state index >= 15 is 0 Å². The van der Waals surface area contributed by atoms with E-state index in [1.165, 1.54) is 6.08 Å². The van der Waals surface area contributed by atoms with Crippen LogP contribution in [0, 0.1) is 11.8 Å². The summed E-state index contributed by atoms with van der Waals surface area (Å²) < 4.78 is 6.39. The Morgan fingerprint density at radius 2 is 1.78 bits per heavy atom. The van der Waals surface area contributed by atoms with Gasteiger partial charge >= 0.3 is 0 Å². The molecule has 0 amide bonds. The van der Waals surface area contributed by atoms with Crippen molar-refractivity contribution in [2.45, 2.75) is 56.8 Å². The lowest BCUT2D eigenvalue weighted by atomic mass is 9.68. The molecule has 0 heterocycles. The molecule has 23 heavy (non-hydrogen) atoms. The van der Waals surface area contributed by atoms with Crippen molar-refractivity contribution in [1.82, 2.24) is 0 Å². The van der Waals surface area contributed by atoms with Crippen LogP contribution in [-0.4, -0.2) is 30.9 Å². The summed E-state index contributed by atoms with van der Waals surface area (Å²) >= 11 is 12.8. The summed E-state index contributed by atoms with van der Waals surface area (Å²) in [5.74, 6) is -1.39. The number of carbonyl (C=O) groups excluding carboxylic acids is 2. The van der Waals surface area contributed by atoms with Crippen molar-refractivity contribution >= 4 is 43.1 Å². The Morgan fingerprint density at radius 1 is 1.22 bits per heavy atom. The predicted molar refractivity (Wildman–Crippen MR) is 96.4 cm³/mol. The Labute approximate surface area is 149 Å². The first-order chi connectivity index (χ1) is 10.3. The van der Waals surface area contributed by atoms with Crippen LogP contribution in [0.3, 0.4) is 0 Å². The van der Waals surface area contributed by atoms with E-state index in [0.29, 0.717) is 0 Å². The van der Waals surface area contributed by atoms with Gasteiger partial charge in [0.2, 0.25) is 0 Å². The fraction of sp³-hybridized carbons (Fsp3) is 0.647. The Hall–Kier alpha value is -0.423. The maximum absolute atomic E-state index is 12.7. The van der Waals surface area contributed by atoms with Crippen LogP contribution in [0.4, 0.5) is 0 Å². The molecule has 6 heteroatoms. The molecule has 0 unspecified atom stereocenters.